The Balaban J connectivity index is 0.000000671. The molecule has 0 aromatic rings. The van der Waals surface area contributed by atoms with Gasteiger partial charge in [0.1, 0.15) is 0 Å². The molecule has 0 spiro atoms. The molecule has 0 unspecified atom stereocenters. The lowest BCUT2D eigenvalue weighted by Gasteiger charge is -2.06. The molecule has 0 nitrogen and oxygen atoms in total. The monoisotopic (exact) mass is 184 g/mol. The van der Waals surface area contributed by atoms with E-state index in [0.717, 1.165) is 5.92 Å². The van der Waals surface area contributed by atoms with Crippen LogP contribution in [0.3, 0.4) is 0 Å². The zero-order chi connectivity index (χ0) is 9.94. The number of hydrogen-bond acceptors (Lipinski definition) is 0. The smallest absolute Gasteiger partial charge is 0.0414 e. The average Bonchev–Trinajstić information content (AvgIpc) is 2.68. The molecule has 1 fully saturated rings. The van der Waals surface area contributed by atoms with Gasteiger partial charge in [0.15, 0.2) is 0 Å². The lowest BCUT2D eigenvalue weighted by Crippen LogP contribution is -1.92. The highest BCUT2D eigenvalue weighted by Gasteiger charge is 2.13. The third kappa shape index (κ3) is 7.10. The molecule has 0 atom stereocenters. The largest absolute Gasteiger partial charge is 0.0683 e. The summed E-state index contributed by atoms with van der Waals surface area (Å²) in [5.74, 6) is 1.12. The molecular formula is C13H28. The van der Waals surface area contributed by atoms with Gasteiger partial charge in [-0.05, 0) is 5.92 Å². The van der Waals surface area contributed by atoms with Crippen molar-refractivity contribution in [1.82, 2.24) is 0 Å². The van der Waals surface area contributed by atoms with E-state index in [1.165, 1.54) is 57.8 Å². The van der Waals surface area contributed by atoms with E-state index in [9.17, 15) is 0 Å². The molecule has 0 radical (unpaired) electrons. The molecule has 0 N–H and O–H groups in total. The van der Waals surface area contributed by atoms with Gasteiger partial charge < -0.3 is 0 Å². The van der Waals surface area contributed by atoms with Crippen LogP contribution in [0.15, 0.2) is 0 Å². The molecule has 13 heavy (non-hydrogen) atoms. The summed E-state index contributed by atoms with van der Waals surface area (Å²) in [6, 6.07) is 0. The molecule has 0 aromatic heterocycles. The number of unbranched alkanes of at least 4 members (excludes halogenated alkanes) is 3. The fraction of sp³-hybridized carbons (Fsp3) is 1.00. The van der Waals surface area contributed by atoms with Crippen molar-refractivity contribution < 1.29 is 0 Å². The van der Waals surface area contributed by atoms with Gasteiger partial charge in [0.2, 0.25) is 0 Å². The van der Waals surface area contributed by atoms with Gasteiger partial charge >= 0.3 is 0 Å². The molecule has 0 bridgehead atoms. The Morgan fingerprint density at radius 2 is 1.54 bits per heavy atom. The maximum absolute atomic E-state index is 2.29. The van der Waals surface area contributed by atoms with Gasteiger partial charge in [0.25, 0.3) is 0 Å². The van der Waals surface area contributed by atoms with Gasteiger partial charge in [-0.1, -0.05) is 78.6 Å². The molecule has 1 saturated carbocycles. The minimum Gasteiger partial charge on any atom is -0.0683 e. The number of rotatable bonds is 5. The van der Waals surface area contributed by atoms with Crippen molar-refractivity contribution in [2.24, 2.45) is 5.92 Å². The van der Waals surface area contributed by atoms with Crippen molar-refractivity contribution in [3.63, 3.8) is 0 Å². The Hall–Kier alpha value is 0. The lowest BCUT2D eigenvalue weighted by molar-refractivity contribution is 0.467. The molecule has 0 heteroatoms. The summed E-state index contributed by atoms with van der Waals surface area (Å²) in [4.78, 5) is 0. The molecule has 1 aliphatic carbocycles. The minimum absolute atomic E-state index is 1.12. The molecule has 0 heterocycles. The predicted octanol–water partition coefficient (Wildman–Crippen LogP) is 5.17. The van der Waals surface area contributed by atoms with Crippen LogP contribution in [0, 0.1) is 5.92 Å². The van der Waals surface area contributed by atoms with E-state index in [4.69, 9.17) is 0 Å². The standard InChI is InChI=1S/C11H22.C2H6/c1-2-3-4-5-8-11-9-6-7-10-11;1-2/h11H,2-10H2,1H3;1-2H3. The molecule has 0 aromatic carbocycles. The molecule has 1 rings (SSSR count). The molecule has 0 aliphatic heterocycles. The topological polar surface area (TPSA) is 0 Å². The highest BCUT2D eigenvalue weighted by atomic mass is 14.2. The normalized spacial score (nSPS) is 16.8. The van der Waals surface area contributed by atoms with E-state index < -0.39 is 0 Å². The molecule has 1 aliphatic rings. The maximum Gasteiger partial charge on any atom is -0.0414 e. The van der Waals surface area contributed by atoms with E-state index in [2.05, 4.69) is 6.92 Å². The van der Waals surface area contributed by atoms with E-state index in [1.54, 1.807) is 0 Å². The predicted molar refractivity (Wildman–Crippen MR) is 62.1 cm³/mol. The van der Waals surface area contributed by atoms with Crippen molar-refractivity contribution in [3.8, 4) is 0 Å². The molecule has 80 valence electrons. The van der Waals surface area contributed by atoms with E-state index in [1.807, 2.05) is 13.8 Å². The highest BCUT2D eigenvalue weighted by molar-refractivity contribution is 4.66. The number of hydrogen-bond donors (Lipinski definition) is 0. The van der Waals surface area contributed by atoms with Gasteiger partial charge in [-0.2, -0.15) is 0 Å². The summed E-state index contributed by atoms with van der Waals surface area (Å²) in [5.41, 5.74) is 0. The summed E-state index contributed by atoms with van der Waals surface area (Å²) in [5, 5.41) is 0. The second kappa shape index (κ2) is 10.1. The van der Waals surface area contributed by atoms with E-state index in [-0.39, 0.29) is 0 Å². The van der Waals surface area contributed by atoms with Crippen molar-refractivity contribution in [3.05, 3.63) is 0 Å². The second-order valence-corrected chi connectivity index (χ2v) is 4.00. The SMILES string of the molecule is CC.CCCCCCC1CCCC1. The first-order chi connectivity index (χ1) is 6.43. The Morgan fingerprint density at radius 1 is 0.923 bits per heavy atom. The van der Waals surface area contributed by atoms with Gasteiger partial charge in [-0.15, -0.1) is 0 Å². The van der Waals surface area contributed by atoms with Gasteiger partial charge in [-0.3, -0.25) is 0 Å². The molecular weight excluding hydrogens is 156 g/mol. The minimum atomic E-state index is 1.12. The van der Waals surface area contributed by atoms with Gasteiger partial charge in [0, 0.05) is 0 Å². The van der Waals surface area contributed by atoms with Crippen molar-refractivity contribution in [2.75, 3.05) is 0 Å². The Kier molecular flexibility index (Phi) is 10.1. The van der Waals surface area contributed by atoms with Crippen LogP contribution in [0.25, 0.3) is 0 Å². The van der Waals surface area contributed by atoms with Gasteiger partial charge in [0.05, 0.1) is 0 Å². The summed E-state index contributed by atoms with van der Waals surface area (Å²) >= 11 is 0. The maximum atomic E-state index is 2.29. The zero-order valence-corrected chi connectivity index (χ0v) is 9.94. The van der Waals surface area contributed by atoms with Crippen LogP contribution in [-0.4, -0.2) is 0 Å². The fourth-order valence-electron chi connectivity index (χ4n) is 2.16. The first kappa shape index (κ1) is 13.0. The third-order valence-corrected chi connectivity index (χ3v) is 2.94. The van der Waals surface area contributed by atoms with Gasteiger partial charge in [-0.25, -0.2) is 0 Å². The van der Waals surface area contributed by atoms with Crippen molar-refractivity contribution >= 4 is 0 Å². The van der Waals surface area contributed by atoms with Crippen LogP contribution < -0.4 is 0 Å². The van der Waals surface area contributed by atoms with Crippen LogP contribution in [-0.2, 0) is 0 Å². The molecule has 0 saturated heterocycles. The van der Waals surface area contributed by atoms with E-state index in [0.29, 0.717) is 0 Å². The molecule has 0 amide bonds. The average molecular weight is 184 g/mol. The lowest BCUT2D eigenvalue weighted by atomic mass is 10.00. The first-order valence-electron chi connectivity index (χ1n) is 6.43. The van der Waals surface area contributed by atoms with E-state index >= 15 is 0 Å². The summed E-state index contributed by atoms with van der Waals surface area (Å²) < 4.78 is 0. The highest BCUT2D eigenvalue weighted by Crippen LogP contribution is 2.29. The van der Waals surface area contributed by atoms with Crippen LogP contribution in [0.4, 0.5) is 0 Å². The van der Waals surface area contributed by atoms with Crippen molar-refractivity contribution in [2.45, 2.75) is 78.6 Å². The quantitative estimate of drug-likeness (QED) is 0.517. The zero-order valence-electron chi connectivity index (χ0n) is 9.94. The Morgan fingerprint density at radius 3 is 2.08 bits per heavy atom. The second-order valence-electron chi connectivity index (χ2n) is 4.00. The Bertz CT molecular complexity index is 80.0. The van der Waals surface area contributed by atoms with Crippen LogP contribution in [0.2, 0.25) is 0 Å². The van der Waals surface area contributed by atoms with Crippen molar-refractivity contribution in [1.29, 1.82) is 0 Å². The van der Waals surface area contributed by atoms with Crippen LogP contribution in [0.1, 0.15) is 78.6 Å². The third-order valence-electron chi connectivity index (χ3n) is 2.94. The first-order valence-corrected chi connectivity index (χ1v) is 6.43. The summed E-state index contributed by atoms with van der Waals surface area (Å²) in [7, 11) is 0. The summed E-state index contributed by atoms with van der Waals surface area (Å²) in [6.07, 6.45) is 13.4. The van der Waals surface area contributed by atoms with Crippen LogP contribution >= 0.6 is 0 Å². The Labute approximate surface area is 85.1 Å². The fourth-order valence-corrected chi connectivity index (χ4v) is 2.16. The van der Waals surface area contributed by atoms with Crippen LogP contribution in [0.5, 0.6) is 0 Å². The summed E-state index contributed by atoms with van der Waals surface area (Å²) in [6.45, 7) is 6.29.